The Hall–Kier alpha value is -4.01. The molecule has 1 aliphatic rings. The Morgan fingerprint density at radius 2 is 1.68 bits per heavy atom. The van der Waals surface area contributed by atoms with Crippen molar-refractivity contribution in [3.8, 4) is 0 Å². The summed E-state index contributed by atoms with van der Waals surface area (Å²) in [6, 6.07) is 20.6. The number of fused-ring (bicyclic) bond motifs is 1. The summed E-state index contributed by atoms with van der Waals surface area (Å²) in [5.74, 6) is -0.873. The summed E-state index contributed by atoms with van der Waals surface area (Å²) >= 11 is 0. The Bertz CT molecular complexity index is 1320. The third-order valence-electron chi connectivity index (χ3n) is 6.98. The first-order chi connectivity index (χ1) is 19.3. The van der Waals surface area contributed by atoms with Crippen LogP contribution in [0.25, 0.3) is 16.8 Å². The van der Waals surface area contributed by atoms with E-state index in [1.165, 1.54) is 28.8 Å². The van der Waals surface area contributed by atoms with Crippen molar-refractivity contribution in [3.63, 3.8) is 0 Å². The summed E-state index contributed by atoms with van der Waals surface area (Å²) in [7, 11) is 0. The first kappa shape index (κ1) is 30.5. The second kappa shape index (κ2) is 15.5. The van der Waals surface area contributed by atoms with Gasteiger partial charge in [0.15, 0.2) is 0 Å². The van der Waals surface area contributed by atoms with Gasteiger partial charge in [0.05, 0.1) is 11.3 Å². The zero-order valence-electron chi connectivity index (χ0n) is 22.7. The van der Waals surface area contributed by atoms with Crippen LogP contribution in [0, 0.1) is 11.8 Å². The number of nitrogens with one attached hydrogen (secondary N) is 1. The summed E-state index contributed by atoms with van der Waals surface area (Å²) in [5, 5.41) is 22.7. The average Bonchev–Trinajstić information content (AvgIpc) is 3.70. The van der Waals surface area contributed by atoms with Crippen LogP contribution in [0.2, 0.25) is 0 Å². The number of amides is 1. The van der Waals surface area contributed by atoms with Crippen LogP contribution >= 0.6 is 0 Å². The van der Waals surface area contributed by atoms with Crippen LogP contribution in [0.5, 0.6) is 0 Å². The van der Waals surface area contributed by atoms with E-state index >= 15 is 0 Å². The van der Waals surface area contributed by atoms with Crippen LogP contribution in [-0.4, -0.2) is 40.6 Å². The summed E-state index contributed by atoms with van der Waals surface area (Å²) in [6.07, 6.45) is 10.1. The molecule has 0 radical (unpaired) electrons. The molecule has 7 N–H and O–H groups in total. The van der Waals surface area contributed by atoms with Crippen LogP contribution in [0.1, 0.15) is 60.9 Å². The van der Waals surface area contributed by atoms with Crippen molar-refractivity contribution in [2.24, 2.45) is 23.3 Å². The zero-order chi connectivity index (χ0) is 28.9. The molecule has 0 unspecified atom stereocenters. The van der Waals surface area contributed by atoms with Crippen LogP contribution < -0.4 is 16.8 Å². The molecule has 3 aromatic rings. The van der Waals surface area contributed by atoms with Crippen LogP contribution in [0.15, 0.2) is 72.8 Å². The van der Waals surface area contributed by atoms with Gasteiger partial charge in [-0.15, -0.1) is 0 Å². The minimum atomic E-state index is -1.04. The van der Waals surface area contributed by atoms with Crippen molar-refractivity contribution in [2.45, 2.75) is 51.0 Å². The maximum atomic E-state index is 12.2. The Balaban J connectivity index is 0.000000378. The highest BCUT2D eigenvalue weighted by Crippen LogP contribution is 2.43. The number of hydrogen-bond donors (Lipinski definition) is 5. The van der Waals surface area contributed by atoms with Gasteiger partial charge in [-0.25, -0.2) is 4.79 Å². The SMILES string of the molecule is NCCCC[C@H](N)C(=O)O.O=C(CCC[C@@H]1C[C@H]1/C=C/c1ccc2ccccc2c1)Nc1ccccc1C(=O)O. The highest BCUT2D eigenvalue weighted by atomic mass is 16.4. The number of unbranched alkanes of at least 4 members (excludes halogenated alkanes) is 1. The molecule has 4 rings (SSSR count). The summed E-state index contributed by atoms with van der Waals surface area (Å²) in [5.41, 5.74) is 12.1. The van der Waals surface area contributed by atoms with Gasteiger partial charge < -0.3 is 27.0 Å². The normalized spacial score (nSPS) is 16.6. The lowest BCUT2D eigenvalue weighted by atomic mass is 10.1. The average molecular weight is 546 g/mol. The lowest BCUT2D eigenvalue weighted by molar-refractivity contribution is -0.138. The van der Waals surface area contributed by atoms with Crippen molar-refractivity contribution in [1.29, 1.82) is 0 Å². The van der Waals surface area contributed by atoms with E-state index in [2.05, 4.69) is 59.9 Å². The molecule has 40 heavy (non-hydrogen) atoms. The summed E-state index contributed by atoms with van der Waals surface area (Å²) in [4.78, 5) is 33.5. The van der Waals surface area contributed by atoms with Crippen molar-refractivity contribution < 1.29 is 24.6 Å². The summed E-state index contributed by atoms with van der Waals surface area (Å²) < 4.78 is 0. The van der Waals surface area contributed by atoms with Gasteiger partial charge in [0.2, 0.25) is 5.91 Å². The lowest BCUT2D eigenvalue weighted by Gasteiger charge is -2.08. The van der Waals surface area contributed by atoms with Crippen LogP contribution in [0.4, 0.5) is 5.69 Å². The lowest BCUT2D eigenvalue weighted by Crippen LogP contribution is -2.29. The van der Waals surface area contributed by atoms with E-state index in [9.17, 15) is 19.5 Å². The third kappa shape index (κ3) is 9.94. The number of para-hydroxylation sites is 1. The number of hydrogen-bond acceptors (Lipinski definition) is 5. The summed E-state index contributed by atoms with van der Waals surface area (Å²) in [6.45, 7) is 0.604. The molecule has 0 heterocycles. The van der Waals surface area contributed by atoms with Gasteiger partial charge in [-0.05, 0) is 85.0 Å². The Morgan fingerprint density at radius 3 is 2.40 bits per heavy atom. The second-order valence-corrected chi connectivity index (χ2v) is 10.1. The highest BCUT2D eigenvalue weighted by Gasteiger charge is 2.33. The predicted octanol–water partition coefficient (Wildman–Crippen LogP) is 5.52. The maximum absolute atomic E-state index is 12.2. The number of carboxylic acids is 2. The number of anilines is 1. The van der Waals surface area contributed by atoms with Crippen molar-refractivity contribution in [2.75, 3.05) is 11.9 Å². The van der Waals surface area contributed by atoms with E-state index in [-0.39, 0.29) is 11.5 Å². The first-order valence-corrected chi connectivity index (χ1v) is 13.8. The third-order valence-corrected chi connectivity index (χ3v) is 6.98. The predicted molar refractivity (Wildman–Crippen MR) is 159 cm³/mol. The Morgan fingerprint density at radius 1 is 0.950 bits per heavy atom. The molecule has 0 aromatic heterocycles. The van der Waals surface area contributed by atoms with E-state index in [0.29, 0.717) is 36.9 Å². The van der Waals surface area contributed by atoms with Gasteiger partial charge in [0.1, 0.15) is 6.04 Å². The van der Waals surface area contributed by atoms with Crippen LogP contribution in [0.3, 0.4) is 0 Å². The maximum Gasteiger partial charge on any atom is 0.337 e. The number of benzene rings is 3. The number of rotatable bonds is 13. The highest BCUT2D eigenvalue weighted by molar-refractivity contribution is 6.00. The monoisotopic (exact) mass is 545 g/mol. The van der Waals surface area contributed by atoms with Gasteiger partial charge >= 0.3 is 11.9 Å². The smallest absolute Gasteiger partial charge is 0.337 e. The van der Waals surface area contributed by atoms with Crippen LogP contribution in [-0.2, 0) is 9.59 Å². The molecule has 0 aliphatic heterocycles. The molecule has 1 saturated carbocycles. The zero-order valence-corrected chi connectivity index (χ0v) is 22.7. The molecule has 1 fully saturated rings. The van der Waals surface area contributed by atoms with Gasteiger partial charge in [0, 0.05) is 6.42 Å². The fourth-order valence-electron chi connectivity index (χ4n) is 4.53. The largest absolute Gasteiger partial charge is 0.480 e. The number of nitrogens with two attached hydrogens (primary N) is 2. The fraction of sp³-hybridized carbons (Fsp3) is 0.344. The number of carbonyl (C=O) groups excluding carboxylic acids is 1. The number of aliphatic carboxylic acids is 1. The molecular weight excluding hydrogens is 506 g/mol. The van der Waals surface area contributed by atoms with E-state index in [0.717, 1.165) is 25.7 Å². The topological polar surface area (TPSA) is 156 Å². The van der Waals surface area contributed by atoms with Gasteiger partial charge in [0.25, 0.3) is 0 Å². The Kier molecular flexibility index (Phi) is 11.9. The van der Waals surface area contributed by atoms with Crippen molar-refractivity contribution in [1.82, 2.24) is 0 Å². The number of aromatic carboxylic acids is 1. The van der Waals surface area contributed by atoms with Crippen molar-refractivity contribution >= 4 is 40.4 Å². The standard InChI is InChI=1S/C26H25NO3.C6H14N2O2/c28-25(27-24-10-4-3-9-23(24)26(29)30)11-5-8-21-17-22(21)15-13-18-12-14-19-6-1-2-7-20(19)16-18;7-4-2-1-3-5(8)6(9)10/h1-4,6-7,9-10,12-16,21-22H,5,8,11,17H2,(H,27,28)(H,29,30);5H,1-4,7-8H2,(H,9,10)/b15-13+;/t21-,22-;5-/m10/s1. The quantitative estimate of drug-likeness (QED) is 0.177. The molecule has 8 heteroatoms. The first-order valence-electron chi connectivity index (χ1n) is 13.8. The molecule has 212 valence electrons. The molecule has 8 nitrogen and oxygen atoms in total. The second-order valence-electron chi connectivity index (χ2n) is 10.1. The van der Waals surface area contributed by atoms with Gasteiger partial charge in [-0.2, -0.15) is 0 Å². The number of allylic oxidation sites excluding steroid dienone is 1. The van der Waals surface area contributed by atoms with Gasteiger partial charge in [-0.1, -0.05) is 67.1 Å². The van der Waals surface area contributed by atoms with E-state index in [4.69, 9.17) is 16.6 Å². The fourth-order valence-corrected chi connectivity index (χ4v) is 4.53. The minimum absolute atomic E-state index is 0.118. The molecule has 0 bridgehead atoms. The molecule has 0 saturated heterocycles. The molecule has 3 aromatic carbocycles. The molecule has 1 aliphatic carbocycles. The molecule has 0 spiro atoms. The van der Waals surface area contributed by atoms with E-state index in [1.807, 2.05) is 0 Å². The van der Waals surface area contributed by atoms with E-state index < -0.39 is 18.0 Å². The van der Waals surface area contributed by atoms with Crippen molar-refractivity contribution in [3.05, 3.63) is 83.9 Å². The molecule has 3 atom stereocenters. The number of carboxylic acid groups (broad SMARTS) is 2. The Labute approximate surface area is 235 Å². The molecular formula is C32H39N3O5. The van der Waals surface area contributed by atoms with E-state index in [1.54, 1.807) is 18.2 Å². The number of carbonyl (C=O) groups is 3. The minimum Gasteiger partial charge on any atom is -0.480 e. The van der Waals surface area contributed by atoms with Gasteiger partial charge in [-0.3, -0.25) is 9.59 Å². The molecule has 1 amide bonds.